The predicted octanol–water partition coefficient (Wildman–Crippen LogP) is 6.10. The average Bonchev–Trinajstić information content (AvgIpc) is 3.57. The van der Waals surface area contributed by atoms with Gasteiger partial charge in [0.2, 0.25) is 17.4 Å². The second-order valence-electron chi connectivity index (χ2n) is 16.3. The summed E-state index contributed by atoms with van der Waals surface area (Å²) < 4.78 is 13.4. The van der Waals surface area contributed by atoms with Crippen molar-refractivity contribution in [3.8, 4) is 28.7 Å². The number of nitrogens with zero attached hydrogens (tertiary/aromatic N) is 5. The van der Waals surface area contributed by atoms with Crippen LogP contribution in [0.4, 0.5) is 16.3 Å². The zero-order valence-electron chi connectivity index (χ0n) is 35.8. The molecule has 2 aliphatic heterocycles. The number of aromatic nitrogens is 2. The van der Waals surface area contributed by atoms with Gasteiger partial charge in [0.05, 0.1) is 29.9 Å². The molecule has 16 heteroatoms. The molecule has 1 saturated carbocycles. The highest BCUT2D eigenvalue weighted by atomic mass is 16.5. The monoisotopic (exact) mass is 876 g/mol. The van der Waals surface area contributed by atoms with E-state index in [1.807, 2.05) is 59.5 Å². The summed E-state index contributed by atoms with van der Waals surface area (Å²) in [7, 11) is 1.72. The number of unbranched alkanes of at least 4 members (excludes halogenated alkanes) is 1. The number of ether oxygens (including phenoxy) is 2. The molecule has 6 amide bonds. The van der Waals surface area contributed by atoms with E-state index in [4.69, 9.17) is 14.7 Å². The molecule has 1 aliphatic carbocycles. The lowest BCUT2D eigenvalue weighted by molar-refractivity contribution is -0.136. The highest BCUT2D eigenvalue weighted by Gasteiger charge is 2.46. The van der Waals surface area contributed by atoms with Crippen molar-refractivity contribution < 1.29 is 33.4 Å². The number of fused-ring (bicyclic) bond motifs is 1. The number of rotatable bonds is 15. The number of nitrogens with one attached hydrogen (secondary N) is 3. The minimum Gasteiger partial charge on any atom is -0.494 e. The van der Waals surface area contributed by atoms with Gasteiger partial charge in [-0.25, -0.2) is 9.78 Å². The Labute approximate surface area is 375 Å². The fourth-order valence-corrected chi connectivity index (χ4v) is 8.45. The molecule has 2 aromatic heterocycles. The standard InChI is InChI=1S/C49H48N8O8/c1-55-30-34(12-24-44(55)59)33-10-15-36(16-11-33)56(37-17-13-35(14-18-37)53-42-22-9-32(27-50)29-51-42)49(63)52-28-31-7-19-38(20-8-31)64-25-2-3-26-65-41-6-4-5-39-45(41)48(62)57(47(39)61)40-21-23-43(58)54-46(40)60/h4-12,15-16,19-20,22,24,29-30,35,37,40H,2-3,13-14,17-18,21,23,25-26,28H2,1H3,(H,51,53)(H,52,63)(H,54,58,60). The summed E-state index contributed by atoms with van der Waals surface area (Å²) >= 11 is 0. The van der Waals surface area contributed by atoms with Crippen LogP contribution in [0.1, 0.15) is 83.2 Å². The second kappa shape index (κ2) is 19.7. The van der Waals surface area contributed by atoms with Crippen molar-refractivity contribution in [2.45, 2.75) is 76.0 Å². The number of anilines is 2. The van der Waals surface area contributed by atoms with Gasteiger partial charge in [0.1, 0.15) is 29.4 Å². The topological polar surface area (TPSA) is 205 Å². The first kappa shape index (κ1) is 43.8. The third kappa shape index (κ3) is 10.0. The smallest absolute Gasteiger partial charge is 0.322 e. The lowest BCUT2D eigenvalue weighted by atomic mass is 9.89. The first-order valence-corrected chi connectivity index (χ1v) is 21.7. The van der Waals surface area contributed by atoms with Crippen molar-refractivity contribution in [3.05, 3.63) is 136 Å². The number of carbonyl (C=O) groups excluding carboxylic acids is 5. The Morgan fingerprint density at radius 3 is 2.28 bits per heavy atom. The van der Waals surface area contributed by atoms with Crippen LogP contribution in [0.25, 0.3) is 11.1 Å². The fraction of sp³-hybridized carbons (Fsp3) is 0.306. The maximum absolute atomic E-state index is 14.1. The molecule has 0 spiro atoms. The Balaban J connectivity index is 0.828. The molecule has 2 fully saturated rings. The first-order chi connectivity index (χ1) is 31.6. The van der Waals surface area contributed by atoms with Gasteiger partial charge in [0.25, 0.3) is 11.8 Å². The first-order valence-electron chi connectivity index (χ1n) is 21.7. The molecule has 0 bridgehead atoms. The molecule has 3 aliphatic rings. The third-order valence-electron chi connectivity index (χ3n) is 12.0. The summed E-state index contributed by atoms with van der Waals surface area (Å²) in [5.74, 6) is -0.655. The number of urea groups is 1. The zero-order valence-corrected chi connectivity index (χ0v) is 35.8. The Morgan fingerprint density at radius 2 is 1.58 bits per heavy atom. The highest BCUT2D eigenvalue weighted by molar-refractivity contribution is 6.24. The number of hydrogen-bond acceptors (Lipinski definition) is 11. The van der Waals surface area contributed by atoms with Gasteiger partial charge in [-0.3, -0.25) is 39.1 Å². The molecule has 16 nitrogen and oxygen atoms in total. The zero-order chi connectivity index (χ0) is 45.5. The second-order valence-corrected chi connectivity index (χ2v) is 16.3. The van der Waals surface area contributed by atoms with E-state index in [2.05, 4.69) is 27.0 Å². The van der Waals surface area contributed by atoms with E-state index in [0.717, 1.165) is 53.0 Å². The minimum atomic E-state index is -1.05. The van der Waals surface area contributed by atoms with Crippen molar-refractivity contribution in [3.63, 3.8) is 0 Å². The summed E-state index contributed by atoms with van der Waals surface area (Å²) in [6.45, 7) is 0.973. The largest absolute Gasteiger partial charge is 0.494 e. The van der Waals surface area contributed by atoms with E-state index in [-0.39, 0.29) is 60.0 Å². The van der Waals surface area contributed by atoms with Gasteiger partial charge in [0.15, 0.2) is 0 Å². The Bertz CT molecular complexity index is 2690. The Morgan fingerprint density at radius 1 is 0.846 bits per heavy atom. The molecule has 8 rings (SSSR count). The summed E-state index contributed by atoms with van der Waals surface area (Å²) in [6, 6.07) is 27.9. The summed E-state index contributed by atoms with van der Waals surface area (Å²) in [5, 5.41) is 17.9. The van der Waals surface area contributed by atoms with Crippen LogP contribution < -0.4 is 35.9 Å². The molecule has 5 aromatic rings. The van der Waals surface area contributed by atoms with Gasteiger partial charge in [-0.1, -0.05) is 30.3 Å². The third-order valence-corrected chi connectivity index (χ3v) is 12.0. The van der Waals surface area contributed by atoms with Gasteiger partial charge < -0.3 is 24.7 Å². The van der Waals surface area contributed by atoms with Crippen molar-refractivity contribution >= 4 is 41.2 Å². The molecule has 3 aromatic carbocycles. The molecule has 0 radical (unpaired) electrons. The Hall–Kier alpha value is -7.80. The quantitative estimate of drug-likeness (QED) is 0.0810. The van der Waals surface area contributed by atoms with Crippen LogP contribution in [0.5, 0.6) is 11.5 Å². The number of pyridine rings is 2. The van der Waals surface area contributed by atoms with Crippen LogP contribution in [-0.2, 0) is 23.2 Å². The van der Waals surface area contributed by atoms with Crippen molar-refractivity contribution in [1.82, 2.24) is 25.1 Å². The van der Waals surface area contributed by atoms with Crippen molar-refractivity contribution in [2.24, 2.45) is 7.05 Å². The number of amides is 6. The molecule has 3 N–H and O–H groups in total. The van der Waals surface area contributed by atoms with E-state index in [9.17, 15) is 28.8 Å². The molecule has 4 heterocycles. The lowest BCUT2D eigenvalue weighted by Gasteiger charge is -2.37. The Kier molecular flexibility index (Phi) is 13.3. The maximum Gasteiger partial charge on any atom is 0.322 e. The average molecular weight is 877 g/mol. The highest BCUT2D eigenvalue weighted by Crippen LogP contribution is 2.34. The van der Waals surface area contributed by atoms with E-state index < -0.39 is 29.7 Å². The fourth-order valence-electron chi connectivity index (χ4n) is 8.45. The van der Waals surface area contributed by atoms with Crippen LogP contribution in [0.2, 0.25) is 0 Å². The van der Waals surface area contributed by atoms with Gasteiger partial charge >= 0.3 is 6.03 Å². The van der Waals surface area contributed by atoms with Gasteiger partial charge in [-0.05, 0) is 116 Å². The van der Waals surface area contributed by atoms with Crippen LogP contribution in [0, 0.1) is 11.3 Å². The van der Waals surface area contributed by atoms with Gasteiger partial charge in [-0.15, -0.1) is 0 Å². The van der Waals surface area contributed by atoms with E-state index in [1.165, 1.54) is 16.7 Å². The van der Waals surface area contributed by atoms with Crippen LogP contribution in [-0.4, -0.2) is 75.5 Å². The normalized spacial score (nSPS) is 18.0. The summed E-state index contributed by atoms with van der Waals surface area (Å²) in [4.78, 5) is 83.7. The predicted molar refractivity (Wildman–Crippen MR) is 240 cm³/mol. The van der Waals surface area contributed by atoms with Crippen molar-refractivity contribution in [2.75, 3.05) is 23.4 Å². The van der Waals surface area contributed by atoms with E-state index in [0.29, 0.717) is 43.1 Å². The molecular formula is C49H48N8O8. The molecular weight excluding hydrogens is 829 g/mol. The number of imide groups is 2. The summed E-state index contributed by atoms with van der Waals surface area (Å²) in [6.07, 6.45) is 7.89. The number of hydrogen-bond donors (Lipinski definition) is 3. The minimum absolute atomic E-state index is 0.0414. The van der Waals surface area contributed by atoms with E-state index >= 15 is 0 Å². The SMILES string of the molecule is Cn1cc(-c2ccc(N(C(=O)NCc3ccc(OCCCCOc4cccc5c4C(=O)N(C4CCC(=O)NC4=O)C5=O)cc3)C3CCC(Nc4ccc(C#N)cn4)CC3)cc2)ccc1=O. The number of carbonyl (C=O) groups is 5. The molecule has 1 saturated heterocycles. The lowest BCUT2D eigenvalue weighted by Crippen LogP contribution is -2.54. The number of benzene rings is 3. The van der Waals surface area contributed by atoms with Crippen molar-refractivity contribution in [1.29, 1.82) is 5.26 Å². The number of aryl methyl sites for hydroxylation is 1. The van der Waals surface area contributed by atoms with Gasteiger partial charge in [-0.2, -0.15) is 5.26 Å². The number of piperidine rings is 1. The van der Waals surface area contributed by atoms with Crippen LogP contribution in [0.15, 0.2) is 108 Å². The number of nitriles is 1. The maximum atomic E-state index is 14.1. The van der Waals surface area contributed by atoms with E-state index in [1.54, 1.807) is 43.7 Å². The van der Waals surface area contributed by atoms with Crippen LogP contribution in [0.3, 0.4) is 0 Å². The molecule has 332 valence electrons. The van der Waals surface area contributed by atoms with Crippen LogP contribution >= 0.6 is 0 Å². The molecule has 65 heavy (non-hydrogen) atoms. The molecule has 1 atom stereocenters. The molecule has 1 unspecified atom stereocenters. The summed E-state index contributed by atoms with van der Waals surface area (Å²) in [5.41, 5.74) is 4.18. The van der Waals surface area contributed by atoms with Gasteiger partial charge in [0, 0.05) is 56.2 Å².